The van der Waals surface area contributed by atoms with E-state index in [1.807, 2.05) is 0 Å². The van der Waals surface area contributed by atoms with Crippen LogP contribution in [0.1, 0.15) is 23.2 Å². The maximum Gasteiger partial charge on any atom is 0.223 e. The maximum absolute atomic E-state index is 13.0. The van der Waals surface area contributed by atoms with Crippen molar-refractivity contribution in [2.24, 2.45) is 5.73 Å². The van der Waals surface area contributed by atoms with Gasteiger partial charge in [-0.15, -0.1) is 0 Å². The number of ketones is 1. The molecule has 0 aliphatic carbocycles. The Morgan fingerprint density at radius 1 is 1.53 bits per heavy atom. The lowest BCUT2D eigenvalue weighted by molar-refractivity contribution is -0.128. The van der Waals surface area contributed by atoms with Gasteiger partial charge in [0.1, 0.15) is 5.82 Å². The molecule has 1 aliphatic rings. The molecule has 0 saturated carbocycles. The molecule has 1 amide bonds. The highest BCUT2D eigenvalue weighted by molar-refractivity contribution is 6.34. The van der Waals surface area contributed by atoms with Gasteiger partial charge in [0.15, 0.2) is 5.78 Å². The molecule has 0 radical (unpaired) electrons. The van der Waals surface area contributed by atoms with Crippen molar-refractivity contribution in [2.45, 2.75) is 18.9 Å². The van der Waals surface area contributed by atoms with Gasteiger partial charge in [-0.25, -0.2) is 4.39 Å². The highest BCUT2D eigenvalue weighted by Crippen LogP contribution is 2.26. The van der Waals surface area contributed by atoms with Crippen LogP contribution in [0.15, 0.2) is 18.2 Å². The summed E-state index contributed by atoms with van der Waals surface area (Å²) in [5.41, 5.74) is 5.68. The highest BCUT2D eigenvalue weighted by Gasteiger charge is 2.36. The third-order valence-electron chi connectivity index (χ3n) is 3.20. The molecule has 1 saturated heterocycles. The van der Waals surface area contributed by atoms with Crippen molar-refractivity contribution >= 4 is 23.3 Å². The van der Waals surface area contributed by atoms with Crippen LogP contribution < -0.4 is 5.73 Å². The van der Waals surface area contributed by atoms with Gasteiger partial charge < -0.3 is 10.6 Å². The Kier molecular flexibility index (Phi) is 4.17. The number of nitrogens with zero attached hydrogens (tertiary/aromatic N) is 1. The summed E-state index contributed by atoms with van der Waals surface area (Å²) in [5.74, 6) is -0.839. The first-order valence-corrected chi connectivity index (χ1v) is 6.41. The van der Waals surface area contributed by atoms with Crippen molar-refractivity contribution in [2.75, 3.05) is 13.1 Å². The number of halogens is 2. The average Bonchev–Trinajstić information content (AvgIpc) is 2.71. The van der Waals surface area contributed by atoms with E-state index >= 15 is 0 Å². The summed E-state index contributed by atoms with van der Waals surface area (Å²) in [6.45, 7) is 0.640. The minimum absolute atomic E-state index is 0.0667. The standard InChI is InChI=1S/C13H14ClFN2O2/c14-10-7-8(15)1-2-9(10)13(19)11-3-4-12(18)17(11)6-5-16/h1-2,7,11H,3-6,16H2. The van der Waals surface area contributed by atoms with Crippen LogP contribution in [-0.2, 0) is 4.79 Å². The van der Waals surface area contributed by atoms with Gasteiger partial charge >= 0.3 is 0 Å². The summed E-state index contributed by atoms with van der Waals surface area (Å²) in [6, 6.07) is 3.09. The number of likely N-dealkylation sites (tertiary alicyclic amines) is 1. The normalized spacial score (nSPS) is 19.0. The first kappa shape index (κ1) is 14.0. The van der Waals surface area contributed by atoms with Crippen LogP contribution in [0.2, 0.25) is 5.02 Å². The molecule has 2 N–H and O–H groups in total. The van der Waals surface area contributed by atoms with Crippen LogP contribution in [0.25, 0.3) is 0 Å². The van der Waals surface area contributed by atoms with Crippen molar-refractivity contribution in [3.05, 3.63) is 34.6 Å². The fraction of sp³-hybridized carbons (Fsp3) is 0.385. The molecule has 102 valence electrons. The molecule has 1 unspecified atom stereocenters. The first-order chi connectivity index (χ1) is 9.04. The van der Waals surface area contributed by atoms with Gasteiger partial charge in [-0.05, 0) is 24.6 Å². The molecule has 0 aromatic heterocycles. The van der Waals surface area contributed by atoms with E-state index in [2.05, 4.69) is 0 Å². The molecule has 4 nitrogen and oxygen atoms in total. The Labute approximate surface area is 115 Å². The fourth-order valence-electron chi connectivity index (χ4n) is 2.29. The molecular formula is C13H14ClFN2O2. The molecule has 2 rings (SSSR count). The topological polar surface area (TPSA) is 63.4 Å². The number of hydrogen-bond acceptors (Lipinski definition) is 3. The number of Topliss-reactive ketones (excluding diaryl/α,β-unsaturated/α-hetero) is 1. The van der Waals surface area contributed by atoms with Gasteiger partial charge in [-0.2, -0.15) is 0 Å². The number of nitrogens with two attached hydrogens (primary N) is 1. The van der Waals surface area contributed by atoms with E-state index in [0.717, 1.165) is 6.07 Å². The summed E-state index contributed by atoms with van der Waals surface area (Å²) < 4.78 is 13.0. The van der Waals surface area contributed by atoms with E-state index in [9.17, 15) is 14.0 Å². The largest absolute Gasteiger partial charge is 0.331 e. The van der Waals surface area contributed by atoms with E-state index in [0.29, 0.717) is 25.9 Å². The lowest BCUT2D eigenvalue weighted by Gasteiger charge is -2.23. The van der Waals surface area contributed by atoms with E-state index in [4.69, 9.17) is 17.3 Å². The van der Waals surface area contributed by atoms with Crippen LogP contribution in [0.3, 0.4) is 0 Å². The van der Waals surface area contributed by atoms with E-state index in [-0.39, 0.29) is 22.3 Å². The predicted molar refractivity (Wildman–Crippen MR) is 69.5 cm³/mol. The second-order valence-corrected chi connectivity index (χ2v) is 4.83. The van der Waals surface area contributed by atoms with Gasteiger partial charge in [0.05, 0.1) is 11.1 Å². The molecule has 1 fully saturated rings. The van der Waals surface area contributed by atoms with Gasteiger partial charge in [0.2, 0.25) is 5.91 Å². The monoisotopic (exact) mass is 284 g/mol. The number of amides is 1. The van der Waals surface area contributed by atoms with E-state index in [1.54, 1.807) is 0 Å². The smallest absolute Gasteiger partial charge is 0.223 e. The molecule has 6 heteroatoms. The van der Waals surface area contributed by atoms with E-state index in [1.165, 1.54) is 17.0 Å². The molecule has 1 aromatic rings. The number of rotatable bonds is 4. The molecule has 1 aromatic carbocycles. The van der Waals surface area contributed by atoms with Crippen molar-refractivity contribution in [1.82, 2.24) is 4.90 Å². The van der Waals surface area contributed by atoms with Gasteiger partial charge in [-0.3, -0.25) is 9.59 Å². The highest BCUT2D eigenvalue weighted by atomic mass is 35.5. The zero-order valence-electron chi connectivity index (χ0n) is 10.2. The maximum atomic E-state index is 13.0. The summed E-state index contributed by atoms with van der Waals surface area (Å²) in [4.78, 5) is 25.5. The molecule has 1 heterocycles. The zero-order valence-corrected chi connectivity index (χ0v) is 11.0. The second kappa shape index (κ2) is 5.67. The van der Waals surface area contributed by atoms with Crippen LogP contribution >= 0.6 is 11.6 Å². The minimum Gasteiger partial charge on any atom is -0.331 e. The van der Waals surface area contributed by atoms with Gasteiger partial charge in [0, 0.05) is 25.1 Å². The van der Waals surface area contributed by atoms with Crippen molar-refractivity contribution in [3.63, 3.8) is 0 Å². The number of carbonyl (C=O) groups is 2. The quantitative estimate of drug-likeness (QED) is 0.855. The molecule has 1 atom stereocenters. The zero-order chi connectivity index (χ0) is 14.0. The summed E-state index contributed by atoms with van der Waals surface area (Å²) >= 11 is 5.88. The average molecular weight is 285 g/mol. The van der Waals surface area contributed by atoms with Gasteiger partial charge in [0.25, 0.3) is 0 Å². The van der Waals surface area contributed by atoms with E-state index < -0.39 is 11.9 Å². The molecule has 0 spiro atoms. The number of carbonyl (C=O) groups excluding carboxylic acids is 2. The first-order valence-electron chi connectivity index (χ1n) is 6.03. The summed E-state index contributed by atoms with van der Waals surface area (Å²) in [7, 11) is 0. The van der Waals surface area contributed by atoms with Crippen LogP contribution in [0, 0.1) is 5.82 Å². The Hall–Kier alpha value is -1.46. The van der Waals surface area contributed by atoms with Crippen molar-refractivity contribution < 1.29 is 14.0 Å². The lowest BCUT2D eigenvalue weighted by Crippen LogP contribution is -2.41. The Balaban J connectivity index is 2.25. The van der Waals surface area contributed by atoms with Crippen LogP contribution in [0.4, 0.5) is 4.39 Å². The minimum atomic E-state index is -0.543. The van der Waals surface area contributed by atoms with Gasteiger partial charge in [-0.1, -0.05) is 11.6 Å². The molecule has 0 bridgehead atoms. The third-order valence-corrected chi connectivity index (χ3v) is 3.51. The Morgan fingerprint density at radius 2 is 2.26 bits per heavy atom. The van der Waals surface area contributed by atoms with Crippen molar-refractivity contribution in [3.8, 4) is 0 Å². The predicted octanol–water partition coefficient (Wildman–Crippen LogP) is 1.61. The second-order valence-electron chi connectivity index (χ2n) is 4.42. The van der Waals surface area contributed by atoms with Crippen LogP contribution in [0.5, 0.6) is 0 Å². The Bertz CT molecular complexity index is 521. The molecule has 19 heavy (non-hydrogen) atoms. The fourth-order valence-corrected chi connectivity index (χ4v) is 2.55. The lowest BCUT2D eigenvalue weighted by atomic mass is 10.0. The summed E-state index contributed by atoms with van der Waals surface area (Å²) in [6.07, 6.45) is 0.778. The summed E-state index contributed by atoms with van der Waals surface area (Å²) in [5, 5.41) is 0.0667. The molecule has 1 aliphatic heterocycles. The van der Waals surface area contributed by atoms with Crippen molar-refractivity contribution in [1.29, 1.82) is 0 Å². The van der Waals surface area contributed by atoms with Crippen LogP contribution in [-0.4, -0.2) is 35.7 Å². The number of hydrogen-bond donors (Lipinski definition) is 1. The Morgan fingerprint density at radius 3 is 2.89 bits per heavy atom. The number of benzene rings is 1. The SMILES string of the molecule is NCCN1C(=O)CCC1C(=O)c1ccc(F)cc1Cl. The molecular weight excluding hydrogens is 271 g/mol. The third kappa shape index (κ3) is 2.77.